The molecule has 168 valence electrons. The van der Waals surface area contributed by atoms with Gasteiger partial charge in [-0.05, 0) is 62.4 Å². The van der Waals surface area contributed by atoms with Crippen LogP contribution in [0.15, 0.2) is 48.5 Å². The number of ether oxygens (including phenoxy) is 1. The molecule has 0 spiro atoms. The number of carbonyl (C=O) groups is 1. The van der Waals surface area contributed by atoms with Gasteiger partial charge in [0.25, 0.3) is 5.91 Å². The SMILES string of the molecule is Cc1cc(C)n(-c2ccc(C(=O)Nc3ccc(N4CCOCC4)cc3C(F)(F)F)cc2)n1. The van der Waals surface area contributed by atoms with Crippen molar-refractivity contribution in [3.05, 3.63) is 71.0 Å². The van der Waals surface area contributed by atoms with Gasteiger partial charge in [-0.2, -0.15) is 18.3 Å². The number of halogens is 3. The van der Waals surface area contributed by atoms with Crippen molar-refractivity contribution in [2.75, 3.05) is 36.5 Å². The summed E-state index contributed by atoms with van der Waals surface area (Å²) in [6.07, 6.45) is -4.61. The van der Waals surface area contributed by atoms with Crippen LogP contribution in [0, 0.1) is 13.8 Å². The fourth-order valence-electron chi connectivity index (χ4n) is 3.73. The zero-order valence-electron chi connectivity index (χ0n) is 17.7. The van der Waals surface area contributed by atoms with Crippen LogP contribution in [-0.2, 0) is 10.9 Å². The van der Waals surface area contributed by atoms with E-state index in [4.69, 9.17) is 4.74 Å². The highest BCUT2D eigenvalue weighted by Gasteiger charge is 2.35. The van der Waals surface area contributed by atoms with E-state index in [1.54, 1.807) is 35.0 Å². The number of amides is 1. The third kappa shape index (κ3) is 4.62. The second-order valence-corrected chi connectivity index (χ2v) is 7.67. The molecule has 1 fully saturated rings. The van der Waals surface area contributed by atoms with Crippen molar-refractivity contribution in [2.45, 2.75) is 20.0 Å². The number of hydrogen-bond acceptors (Lipinski definition) is 4. The van der Waals surface area contributed by atoms with E-state index in [9.17, 15) is 18.0 Å². The first-order chi connectivity index (χ1) is 15.2. The van der Waals surface area contributed by atoms with Gasteiger partial charge in [0.2, 0.25) is 0 Å². The Morgan fingerprint density at radius 3 is 2.25 bits per heavy atom. The molecule has 1 amide bonds. The van der Waals surface area contributed by atoms with Gasteiger partial charge in [-0.15, -0.1) is 0 Å². The van der Waals surface area contributed by atoms with Crippen LogP contribution in [0.5, 0.6) is 0 Å². The zero-order valence-corrected chi connectivity index (χ0v) is 17.7. The number of nitrogens with zero attached hydrogens (tertiary/aromatic N) is 3. The van der Waals surface area contributed by atoms with E-state index < -0.39 is 17.6 Å². The van der Waals surface area contributed by atoms with Gasteiger partial charge in [0.05, 0.1) is 35.8 Å². The number of rotatable bonds is 4. The van der Waals surface area contributed by atoms with E-state index in [-0.39, 0.29) is 11.3 Å². The molecule has 0 aliphatic carbocycles. The average Bonchev–Trinajstić information content (AvgIpc) is 3.12. The predicted molar refractivity (Wildman–Crippen MR) is 115 cm³/mol. The van der Waals surface area contributed by atoms with Gasteiger partial charge < -0.3 is 15.0 Å². The summed E-state index contributed by atoms with van der Waals surface area (Å²) in [4.78, 5) is 14.5. The molecule has 0 atom stereocenters. The Morgan fingerprint density at radius 2 is 1.66 bits per heavy atom. The molecule has 1 aliphatic heterocycles. The lowest BCUT2D eigenvalue weighted by Gasteiger charge is -2.29. The highest BCUT2D eigenvalue weighted by molar-refractivity contribution is 6.05. The number of aryl methyl sites for hydroxylation is 2. The molecule has 9 heteroatoms. The van der Waals surface area contributed by atoms with Crippen molar-refractivity contribution >= 4 is 17.3 Å². The van der Waals surface area contributed by atoms with Crippen LogP contribution in [0.25, 0.3) is 5.69 Å². The van der Waals surface area contributed by atoms with E-state index in [2.05, 4.69) is 10.4 Å². The lowest BCUT2D eigenvalue weighted by Crippen LogP contribution is -2.36. The van der Waals surface area contributed by atoms with Crippen molar-refractivity contribution in [1.82, 2.24) is 9.78 Å². The number of carbonyl (C=O) groups excluding carboxylic acids is 1. The molecule has 0 unspecified atom stereocenters. The molecular weight excluding hydrogens is 421 g/mol. The summed E-state index contributed by atoms with van der Waals surface area (Å²) in [5, 5.41) is 6.80. The highest BCUT2D eigenvalue weighted by Crippen LogP contribution is 2.37. The minimum absolute atomic E-state index is 0.251. The number of nitrogens with one attached hydrogen (secondary N) is 1. The maximum atomic E-state index is 13.7. The summed E-state index contributed by atoms with van der Waals surface area (Å²) >= 11 is 0. The van der Waals surface area contributed by atoms with E-state index in [1.165, 1.54) is 6.07 Å². The summed E-state index contributed by atoms with van der Waals surface area (Å²) in [5.74, 6) is -0.616. The second-order valence-electron chi connectivity index (χ2n) is 7.67. The first-order valence-corrected chi connectivity index (χ1v) is 10.2. The molecule has 4 rings (SSSR count). The number of alkyl halides is 3. The topological polar surface area (TPSA) is 59.4 Å². The van der Waals surface area contributed by atoms with Crippen LogP contribution in [0.3, 0.4) is 0 Å². The molecule has 2 aromatic carbocycles. The Balaban J connectivity index is 1.56. The quantitative estimate of drug-likeness (QED) is 0.639. The van der Waals surface area contributed by atoms with Crippen molar-refractivity contribution < 1.29 is 22.7 Å². The van der Waals surface area contributed by atoms with E-state index in [1.807, 2.05) is 24.8 Å². The number of morpholine rings is 1. The van der Waals surface area contributed by atoms with E-state index in [0.29, 0.717) is 32.0 Å². The average molecular weight is 444 g/mol. The number of hydrogen-bond donors (Lipinski definition) is 1. The largest absolute Gasteiger partial charge is 0.418 e. The zero-order chi connectivity index (χ0) is 22.9. The van der Waals surface area contributed by atoms with Gasteiger partial charge >= 0.3 is 6.18 Å². The molecule has 0 bridgehead atoms. The summed E-state index contributed by atoms with van der Waals surface area (Å²) in [6, 6.07) is 12.4. The molecule has 1 aliphatic rings. The summed E-state index contributed by atoms with van der Waals surface area (Å²) in [5.41, 5.74) is 2.11. The molecular formula is C23H23F3N4O2. The Morgan fingerprint density at radius 1 is 1.00 bits per heavy atom. The standard InChI is InChI=1S/C23H23F3N4O2/c1-15-13-16(2)30(28-15)18-5-3-17(4-6-18)22(31)27-21-8-7-19(14-20(21)23(24,25)26)29-9-11-32-12-10-29/h3-8,13-14H,9-12H2,1-2H3,(H,27,31). The Labute approximate surface area is 183 Å². The molecule has 2 heterocycles. The van der Waals surface area contributed by atoms with Crippen molar-refractivity contribution in [2.24, 2.45) is 0 Å². The van der Waals surface area contributed by atoms with Crippen LogP contribution in [0.1, 0.15) is 27.3 Å². The number of anilines is 2. The fourth-order valence-corrected chi connectivity index (χ4v) is 3.73. The summed E-state index contributed by atoms with van der Waals surface area (Å²) in [7, 11) is 0. The van der Waals surface area contributed by atoms with Crippen molar-refractivity contribution in [1.29, 1.82) is 0 Å². The molecule has 0 radical (unpaired) electrons. The lowest BCUT2D eigenvalue weighted by molar-refractivity contribution is -0.136. The smallest absolute Gasteiger partial charge is 0.378 e. The molecule has 6 nitrogen and oxygen atoms in total. The van der Waals surface area contributed by atoms with Gasteiger partial charge in [-0.1, -0.05) is 0 Å². The minimum Gasteiger partial charge on any atom is -0.378 e. The Bertz CT molecular complexity index is 1120. The van der Waals surface area contributed by atoms with Gasteiger partial charge in [0.1, 0.15) is 0 Å². The minimum atomic E-state index is -4.61. The third-order valence-electron chi connectivity index (χ3n) is 5.32. The maximum absolute atomic E-state index is 13.7. The lowest BCUT2D eigenvalue weighted by atomic mass is 10.1. The first-order valence-electron chi connectivity index (χ1n) is 10.2. The van der Waals surface area contributed by atoms with Gasteiger partial charge in [0, 0.05) is 30.0 Å². The molecule has 1 saturated heterocycles. The summed E-state index contributed by atoms with van der Waals surface area (Å²) < 4.78 is 48.2. The van der Waals surface area contributed by atoms with E-state index >= 15 is 0 Å². The number of benzene rings is 2. The van der Waals surface area contributed by atoms with Crippen LogP contribution in [0.2, 0.25) is 0 Å². The van der Waals surface area contributed by atoms with E-state index in [0.717, 1.165) is 23.1 Å². The van der Waals surface area contributed by atoms with Gasteiger partial charge in [-0.3, -0.25) is 4.79 Å². The Kier molecular flexibility index (Phi) is 5.92. The van der Waals surface area contributed by atoms with Crippen LogP contribution >= 0.6 is 0 Å². The van der Waals surface area contributed by atoms with Gasteiger partial charge in [0.15, 0.2) is 0 Å². The third-order valence-corrected chi connectivity index (χ3v) is 5.32. The van der Waals surface area contributed by atoms with Crippen LogP contribution < -0.4 is 10.2 Å². The van der Waals surface area contributed by atoms with Gasteiger partial charge in [-0.25, -0.2) is 4.68 Å². The molecule has 32 heavy (non-hydrogen) atoms. The highest BCUT2D eigenvalue weighted by atomic mass is 19.4. The number of aromatic nitrogens is 2. The van der Waals surface area contributed by atoms with Crippen LogP contribution in [-0.4, -0.2) is 42.0 Å². The second kappa shape index (κ2) is 8.66. The first kappa shape index (κ1) is 21.9. The molecule has 3 aromatic rings. The van der Waals surface area contributed by atoms with Crippen molar-refractivity contribution in [3.63, 3.8) is 0 Å². The van der Waals surface area contributed by atoms with Crippen molar-refractivity contribution in [3.8, 4) is 5.69 Å². The molecule has 0 saturated carbocycles. The molecule has 1 aromatic heterocycles. The summed E-state index contributed by atoms with van der Waals surface area (Å²) in [6.45, 7) is 5.77. The normalized spacial score (nSPS) is 14.5. The maximum Gasteiger partial charge on any atom is 0.418 e. The Hall–Kier alpha value is -3.33. The monoisotopic (exact) mass is 444 g/mol. The fraction of sp³-hybridized carbons (Fsp3) is 0.304. The molecule has 1 N–H and O–H groups in total. The predicted octanol–water partition coefficient (Wildman–Crippen LogP) is 4.60. The van der Waals surface area contributed by atoms with Crippen LogP contribution in [0.4, 0.5) is 24.5 Å².